The molecule has 1 atom stereocenters. The van der Waals surface area contributed by atoms with Crippen LogP contribution in [0.5, 0.6) is 11.5 Å². The summed E-state index contributed by atoms with van der Waals surface area (Å²) in [6, 6.07) is 3.99. The average molecular weight is 402 g/mol. The fourth-order valence-electron chi connectivity index (χ4n) is 2.48. The minimum atomic E-state index is -2.88. The number of nitrogens with zero attached hydrogens (tertiary/aromatic N) is 1. The van der Waals surface area contributed by atoms with E-state index in [0.717, 1.165) is 31.7 Å². The van der Waals surface area contributed by atoms with Gasteiger partial charge in [-0.2, -0.15) is 8.78 Å². The number of hydrogen-bond donors (Lipinski definition) is 1. The number of nitrogens with one attached hydrogen (secondary N) is 1. The van der Waals surface area contributed by atoms with Gasteiger partial charge in [-0.25, -0.2) is 0 Å². The normalized spacial score (nSPS) is 18.9. The molecule has 1 heterocycles. The zero-order valence-corrected chi connectivity index (χ0v) is 14.8. The second kappa shape index (κ2) is 8.86. The van der Waals surface area contributed by atoms with Gasteiger partial charge in [0.2, 0.25) is 0 Å². The predicted octanol–water partition coefficient (Wildman–Crippen LogP) is 3.27. The first kappa shape index (κ1) is 19.4. The van der Waals surface area contributed by atoms with E-state index in [4.69, 9.17) is 4.74 Å². The van der Waals surface area contributed by atoms with Crippen molar-refractivity contribution in [2.24, 2.45) is 0 Å². The summed E-state index contributed by atoms with van der Waals surface area (Å²) in [5.74, 6) is 0.341. The molecule has 0 amide bonds. The molecule has 1 unspecified atom stereocenters. The molecule has 1 aliphatic heterocycles. The van der Waals surface area contributed by atoms with Gasteiger partial charge < -0.3 is 14.8 Å². The predicted molar refractivity (Wildman–Crippen MR) is 87.3 cm³/mol. The lowest BCUT2D eigenvalue weighted by Gasteiger charge is -2.32. The van der Waals surface area contributed by atoms with Gasteiger partial charge in [-0.15, -0.1) is 12.4 Å². The van der Waals surface area contributed by atoms with Crippen molar-refractivity contribution in [2.75, 3.05) is 26.7 Å². The third-order valence-corrected chi connectivity index (χ3v) is 3.94. The van der Waals surface area contributed by atoms with Crippen LogP contribution in [0.1, 0.15) is 12.5 Å². The van der Waals surface area contributed by atoms with Gasteiger partial charge in [0.1, 0.15) is 0 Å². The molecule has 1 fully saturated rings. The summed E-state index contributed by atoms with van der Waals surface area (Å²) in [6.45, 7) is 2.87. The lowest BCUT2D eigenvalue weighted by molar-refractivity contribution is -0.0517. The van der Waals surface area contributed by atoms with E-state index in [-0.39, 0.29) is 18.2 Å². The van der Waals surface area contributed by atoms with Gasteiger partial charge in [-0.05, 0) is 40.5 Å². The standard InChI is InChI=1S/C14H19BrF2N2O2.ClH/c1-9-7-19(4-3-18-9)8-10-5-11(15)13(21-14(16)17)12(6-10)20-2;/h5-6,9,14,18H,3-4,7-8H2,1-2H3;1H. The van der Waals surface area contributed by atoms with Crippen LogP contribution in [0.3, 0.4) is 0 Å². The van der Waals surface area contributed by atoms with Crippen molar-refractivity contribution < 1.29 is 18.3 Å². The van der Waals surface area contributed by atoms with Crippen molar-refractivity contribution in [3.05, 3.63) is 22.2 Å². The van der Waals surface area contributed by atoms with Crippen LogP contribution in [0.2, 0.25) is 0 Å². The van der Waals surface area contributed by atoms with Crippen LogP contribution in [-0.4, -0.2) is 44.3 Å². The summed E-state index contributed by atoms with van der Waals surface area (Å²) < 4.78 is 35.0. The summed E-state index contributed by atoms with van der Waals surface area (Å²) in [5.41, 5.74) is 0.995. The maximum absolute atomic E-state index is 12.4. The fraction of sp³-hybridized carbons (Fsp3) is 0.571. The molecule has 0 bridgehead atoms. The Labute approximate surface area is 143 Å². The van der Waals surface area contributed by atoms with Crippen LogP contribution in [0.4, 0.5) is 8.78 Å². The second-order valence-corrected chi connectivity index (χ2v) is 5.93. The van der Waals surface area contributed by atoms with Gasteiger partial charge in [0, 0.05) is 32.2 Å². The summed E-state index contributed by atoms with van der Waals surface area (Å²) in [5, 5.41) is 3.38. The first-order valence-electron chi connectivity index (χ1n) is 6.76. The van der Waals surface area contributed by atoms with Gasteiger partial charge >= 0.3 is 6.61 Å². The average Bonchev–Trinajstić information content (AvgIpc) is 2.41. The van der Waals surface area contributed by atoms with Crippen LogP contribution in [-0.2, 0) is 6.54 Å². The molecule has 0 radical (unpaired) electrons. The Morgan fingerprint density at radius 2 is 2.18 bits per heavy atom. The van der Waals surface area contributed by atoms with E-state index in [1.54, 1.807) is 12.1 Å². The maximum Gasteiger partial charge on any atom is 0.387 e. The highest BCUT2D eigenvalue weighted by Gasteiger charge is 2.19. The molecular formula is C14H20BrClF2N2O2. The minimum Gasteiger partial charge on any atom is -0.493 e. The van der Waals surface area contributed by atoms with E-state index in [1.165, 1.54) is 7.11 Å². The van der Waals surface area contributed by atoms with Crippen molar-refractivity contribution in [1.82, 2.24) is 10.2 Å². The van der Waals surface area contributed by atoms with E-state index in [0.29, 0.717) is 16.3 Å². The van der Waals surface area contributed by atoms with E-state index >= 15 is 0 Å². The molecule has 8 heteroatoms. The highest BCUT2D eigenvalue weighted by Crippen LogP contribution is 2.38. The molecule has 1 saturated heterocycles. The molecule has 1 aromatic carbocycles. The number of alkyl halides is 2. The molecule has 2 rings (SSSR count). The first-order chi connectivity index (χ1) is 9.99. The van der Waals surface area contributed by atoms with E-state index in [2.05, 4.69) is 37.8 Å². The summed E-state index contributed by atoms with van der Waals surface area (Å²) in [6.07, 6.45) is 0. The smallest absolute Gasteiger partial charge is 0.387 e. The molecule has 1 aromatic rings. The Bertz CT molecular complexity index is 494. The highest BCUT2D eigenvalue weighted by molar-refractivity contribution is 9.10. The topological polar surface area (TPSA) is 33.7 Å². The molecule has 0 aliphatic carbocycles. The molecule has 1 N–H and O–H groups in total. The number of rotatable bonds is 5. The van der Waals surface area contributed by atoms with Gasteiger partial charge in [0.25, 0.3) is 0 Å². The minimum absolute atomic E-state index is 0. The number of halogens is 4. The SMILES string of the molecule is COc1cc(CN2CCNC(C)C2)cc(Br)c1OC(F)F.Cl. The van der Waals surface area contributed by atoms with Gasteiger partial charge in [-0.3, -0.25) is 4.90 Å². The number of piperazine rings is 1. The maximum atomic E-state index is 12.4. The van der Waals surface area contributed by atoms with Crippen LogP contribution < -0.4 is 14.8 Å². The van der Waals surface area contributed by atoms with E-state index in [1.807, 2.05) is 0 Å². The lowest BCUT2D eigenvalue weighted by atomic mass is 10.1. The third kappa shape index (κ3) is 5.22. The second-order valence-electron chi connectivity index (χ2n) is 5.08. The Kier molecular flexibility index (Phi) is 7.82. The highest BCUT2D eigenvalue weighted by atomic mass is 79.9. The molecule has 4 nitrogen and oxygen atoms in total. The Morgan fingerprint density at radius 1 is 1.45 bits per heavy atom. The van der Waals surface area contributed by atoms with Gasteiger partial charge in [0.05, 0.1) is 11.6 Å². The number of ether oxygens (including phenoxy) is 2. The Hall–Kier alpha value is -0.630. The number of methoxy groups -OCH3 is 1. The first-order valence-corrected chi connectivity index (χ1v) is 7.56. The lowest BCUT2D eigenvalue weighted by Crippen LogP contribution is -2.48. The number of benzene rings is 1. The number of hydrogen-bond acceptors (Lipinski definition) is 4. The largest absolute Gasteiger partial charge is 0.493 e. The fourth-order valence-corrected chi connectivity index (χ4v) is 3.06. The summed E-state index contributed by atoms with van der Waals surface area (Å²) in [7, 11) is 1.44. The van der Waals surface area contributed by atoms with Gasteiger partial charge in [-0.1, -0.05) is 0 Å². The van der Waals surface area contributed by atoms with E-state index < -0.39 is 6.61 Å². The van der Waals surface area contributed by atoms with Crippen LogP contribution in [0.15, 0.2) is 16.6 Å². The molecule has 22 heavy (non-hydrogen) atoms. The molecule has 126 valence electrons. The quantitative estimate of drug-likeness (QED) is 0.821. The molecular weight excluding hydrogens is 382 g/mol. The van der Waals surface area contributed by atoms with Crippen LogP contribution in [0.25, 0.3) is 0 Å². The molecule has 0 spiro atoms. The van der Waals surface area contributed by atoms with Crippen LogP contribution in [0, 0.1) is 0 Å². The monoisotopic (exact) mass is 400 g/mol. The summed E-state index contributed by atoms with van der Waals surface area (Å²) in [4.78, 5) is 2.32. The van der Waals surface area contributed by atoms with Gasteiger partial charge in [0.15, 0.2) is 11.5 Å². The Balaban J connectivity index is 0.00000242. The van der Waals surface area contributed by atoms with Crippen molar-refractivity contribution in [3.63, 3.8) is 0 Å². The van der Waals surface area contributed by atoms with Crippen molar-refractivity contribution in [2.45, 2.75) is 26.1 Å². The summed E-state index contributed by atoms with van der Waals surface area (Å²) >= 11 is 3.27. The third-order valence-electron chi connectivity index (χ3n) is 3.36. The van der Waals surface area contributed by atoms with Crippen LogP contribution >= 0.6 is 28.3 Å². The van der Waals surface area contributed by atoms with Crippen molar-refractivity contribution in [1.29, 1.82) is 0 Å². The molecule has 0 saturated carbocycles. The van der Waals surface area contributed by atoms with E-state index in [9.17, 15) is 8.78 Å². The molecule has 0 aromatic heterocycles. The van der Waals surface area contributed by atoms with Crippen molar-refractivity contribution >= 4 is 28.3 Å². The Morgan fingerprint density at radius 3 is 2.77 bits per heavy atom. The zero-order chi connectivity index (χ0) is 15.4. The molecule has 1 aliphatic rings. The zero-order valence-electron chi connectivity index (χ0n) is 12.4. The van der Waals surface area contributed by atoms with Crippen molar-refractivity contribution in [3.8, 4) is 11.5 Å².